The molecule has 0 saturated heterocycles. The number of anilines is 1. The molecule has 0 aliphatic heterocycles. The zero-order valence-electron chi connectivity index (χ0n) is 16.9. The van der Waals surface area contributed by atoms with Crippen molar-refractivity contribution in [3.63, 3.8) is 0 Å². The van der Waals surface area contributed by atoms with Crippen molar-refractivity contribution < 1.29 is 17.9 Å². The van der Waals surface area contributed by atoms with Gasteiger partial charge < -0.3 is 10.1 Å². The molecule has 1 amide bonds. The van der Waals surface area contributed by atoms with Crippen LogP contribution in [0.4, 0.5) is 5.69 Å². The number of nitrogens with zero attached hydrogens (tertiary/aromatic N) is 1. The summed E-state index contributed by atoms with van der Waals surface area (Å²) in [6.45, 7) is 4.12. The summed E-state index contributed by atoms with van der Waals surface area (Å²) in [5.41, 5.74) is 1.51. The number of hydrogen-bond acceptors (Lipinski definition) is 4. The molecule has 2 rings (SSSR count). The van der Waals surface area contributed by atoms with Gasteiger partial charge in [-0.3, -0.25) is 9.10 Å². The monoisotopic (exact) mass is 438 g/mol. The van der Waals surface area contributed by atoms with E-state index in [-0.39, 0.29) is 18.6 Å². The smallest absolute Gasteiger partial charge is 0.240 e. The Morgan fingerprint density at radius 1 is 1.17 bits per heavy atom. The summed E-state index contributed by atoms with van der Waals surface area (Å²) >= 11 is 5.94. The van der Waals surface area contributed by atoms with Gasteiger partial charge in [-0.1, -0.05) is 29.8 Å². The van der Waals surface area contributed by atoms with E-state index in [1.807, 2.05) is 38.1 Å². The van der Waals surface area contributed by atoms with Gasteiger partial charge in [0.15, 0.2) is 0 Å². The van der Waals surface area contributed by atoms with Gasteiger partial charge in [-0.15, -0.1) is 0 Å². The fraction of sp³-hybridized carbons (Fsp3) is 0.381. The third kappa shape index (κ3) is 7.95. The molecular formula is C21H27ClN2O4S. The Kier molecular flexibility index (Phi) is 8.34. The number of rotatable bonds is 10. The van der Waals surface area contributed by atoms with E-state index in [1.165, 1.54) is 6.07 Å². The Labute approximate surface area is 177 Å². The molecule has 6 nitrogen and oxygen atoms in total. The topological polar surface area (TPSA) is 75.7 Å². The van der Waals surface area contributed by atoms with E-state index >= 15 is 0 Å². The van der Waals surface area contributed by atoms with Gasteiger partial charge in [-0.05, 0) is 62.6 Å². The predicted octanol–water partition coefficient (Wildman–Crippen LogP) is 3.64. The maximum atomic E-state index is 12.3. The summed E-state index contributed by atoms with van der Waals surface area (Å²) in [5.74, 6) is 0.468. The highest BCUT2D eigenvalue weighted by atomic mass is 35.5. The Morgan fingerprint density at radius 2 is 1.86 bits per heavy atom. The van der Waals surface area contributed by atoms with Crippen LogP contribution in [-0.4, -0.2) is 39.8 Å². The van der Waals surface area contributed by atoms with E-state index in [2.05, 4.69) is 5.32 Å². The van der Waals surface area contributed by atoms with Gasteiger partial charge in [0.2, 0.25) is 15.9 Å². The molecule has 8 heteroatoms. The lowest BCUT2D eigenvalue weighted by Gasteiger charge is -2.22. The number of carbonyl (C=O) groups is 1. The van der Waals surface area contributed by atoms with Crippen molar-refractivity contribution in [2.24, 2.45) is 0 Å². The normalized spacial score (nSPS) is 11.3. The molecular weight excluding hydrogens is 412 g/mol. The average molecular weight is 439 g/mol. The highest BCUT2D eigenvalue weighted by Crippen LogP contribution is 2.21. The van der Waals surface area contributed by atoms with Crippen LogP contribution in [0.1, 0.15) is 25.8 Å². The van der Waals surface area contributed by atoms with Crippen molar-refractivity contribution in [2.75, 3.05) is 23.7 Å². The first-order valence-electron chi connectivity index (χ1n) is 9.41. The number of nitrogens with one attached hydrogen (secondary N) is 1. The summed E-state index contributed by atoms with van der Waals surface area (Å²) in [7, 11) is -3.61. The molecule has 0 aliphatic rings. The third-order valence-electron chi connectivity index (χ3n) is 4.04. The van der Waals surface area contributed by atoms with E-state index in [9.17, 15) is 13.2 Å². The van der Waals surface area contributed by atoms with Crippen molar-refractivity contribution in [1.82, 2.24) is 5.32 Å². The maximum absolute atomic E-state index is 12.3. The fourth-order valence-electron chi connectivity index (χ4n) is 2.74. The standard InChI is InChI=1S/C21H27ClN2O4S/c1-16(2)28-20-11-9-17(10-12-20)6-5-13-23-21(25)15-24(29(3,26)27)19-8-4-7-18(22)14-19/h4,7-12,14,16H,5-6,13,15H2,1-3H3,(H,23,25). The average Bonchev–Trinajstić information content (AvgIpc) is 2.63. The van der Waals surface area contributed by atoms with Crippen LogP contribution < -0.4 is 14.4 Å². The first-order valence-corrected chi connectivity index (χ1v) is 11.6. The number of hydrogen-bond donors (Lipinski definition) is 1. The van der Waals surface area contributed by atoms with Gasteiger partial charge in [0.25, 0.3) is 0 Å². The summed E-state index contributed by atoms with van der Waals surface area (Å²) in [4.78, 5) is 12.3. The van der Waals surface area contributed by atoms with Crippen LogP contribution in [0.15, 0.2) is 48.5 Å². The minimum absolute atomic E-state index is 0.134. The minimum atomic E-state index is -3.61. The van der Waals surface area contributed by atoms with E-state index in [1.54, 1.807) is 18.2 Å². The molecule has 0 fully saturated rings. The largest absolute Gasteiger partial charge is 0.491 e. The highest BCUT2D eigenvalue weighted by molar-refractivity contribution is 7.92. The van der Waals surface area contributed by atoms with Crippen molar-refractivity contribution in [3.8, 4) is 5.75 Å². The van der Waals surface area contributed by atoms with Crippen LogP contribution in [-0.2, 0) is 21.2 Å². The molecule has 0 spiro atoms. The number of carbonyl (C=O) groups excluding carboxylic acids is 1. The molecule has 0 unspecified atom stereocenters. The lowest BCUT2D eigenvalue weighted by molar-refractivity contribution is -0.119. The quantitative estimate of drug-likeness (QED) is 0.574. The zero-order chi connectivity index (χ0) is 21.4. The van der Waals surface area contributed by atoms with Gasteiger partial charge in [0.1, 0.15) is 12.3 Å². The van der Waals surface area contributed by atoms with Gasteiger partial charge in [0.05, 0.1) is 18.0 Å². The Morgan fingerprint density at radius 3 is 2.45 bits per heavy atom. The molecule has 0 bridgehead atoms. The second kappa shape index (κ2) is 10.5. The number of sulfonamides is 1. The second-order valence-electron chi connectivity index (χ2n) is 7.01. The lowest BCUT2D eigenvalue weighted by atomic mass is 10.1. The summed E-state index contributed by atoms with van der Waals surface area (Å²) in [6, 6.07) is 14.3. The molecule has 0 heterocycles. The van der Waals surface area contributed by atoms with Crippen LogP contribution in [0.2, 0.25) is 5.02 Å². The Balaban J connectivity index is 1.83. The fourth-order valence-corrected chi connectivity index (χ4v) is 3.78. The number of aryl methyl sites for hydroxylation is 1. The number of amides is 1. The summed E-state index contributed by atoms with van der Waals surface area (Å²) in [5, 5.41) is 3.18. The molecule has 0 aromatic heterocycles. The van der Waals surface area contributed by atoms with Gasteiger partial charge in [-0.2, -0.15) is 0 Å². The molecule has 1 N–H and O–H groups in total. The van der Waals surface area contributed by atoms with Gasteiger partial charge in [-0.25, -0.2) is 8.42 Å². The van der Waals surface area contributed by atoms with E-state index in [0.717, 1.165) is 34.7 Å². The number of halogens is 1. The minimum Gasteiger partial charge on any atom is -0.491 e. The molecule has 2 aromatic rings. The van der Waals surface area contributed by atoms with Crippen molar-refractivity contribution in [1.29, 1.82) is 0 Å². The first-order chi connectivity index (χ1) is 13.6. The zero-order valence-corrected chi connectivity index (χ0v) is 18.5. The molecule has 158 valence electrons. The van der Waals surface area contributed by atoms with Gasteiger partial charge >= 0.3 is 0 Å². The van der Waals surface area contributed by atoms with Crippen LogP contribution in [0.5, 0.6) is 5.75 Å². The van der Waals surface area contributed by atoms with Crippen LogP contribution >= 0.6 is 11.6 Å². The third-order valence-corrected chi connectivity index (χ3v) is 5.42. The Bertz CT molecular complexity index is 915. The van der Waals surface area contributed by atoms with Crippen LogP contribution in [0.25, 0.3) is 0 Å². The van der Waals surface area contributed by atoms with Gasteiger partial charge in [0, 0.05) is 11.6 Å². The molecule has 0 atom stereocenters. The van der Waals surface area contributed by atoms with E-state index in [0.29, 0.717) is 17.3 Å². The molecule has 0 radical (unpaired) electrons. The summed E-state index contributed by atoms with van der Waals surface area (Å²) < 4.78 is 30.8. The first kappa shape index (κ1) is 23.0. The molecule has 2 aromatic carbocycles. The highest BCUT2D eigenvalue weighted by Gasteiger charge is 2.20. The van der Waals surface area contributed by atoms with Crippen molar-refractivity contribution >= 4 is 33.2 Å². The SMILES string of the molecule is CC(C)Oc1ccc(CCCNC(=O)CN(c2cccc(Cl)c2)S(C)(=O)=O)cc1. The molecule has 0 saturated carbocycles. The van der Waals surface area contributed by atoms with E-state index in [4.69, 9.17) is 16.3 Å². The van der Waals surface area contributed by atoms with Crippen LogP contribution in [0, 0.1) is 0 Å². The molecule has 29 heavy (non-hydrogen) atoms. The summed E-state index contributed by atoms with van der Waals surface area (Å²) in [6.07, 6.45) is 2.74. The number of benzene rings is 2. The maximum Gasteiger partial charge on any atom is 0.240 e. The van der Waals surface area contributed by atoms with E-state index < -0.39 is 10.0 Å². The second-order valence-corrected chi connectivity index (χ2v) is 9.36. The van der Waals surface area contributed by atoms with Crippen molar-refractivity contribution in [2.45, 2.75) is 32.8 Å². The number of ether oxygens (including phenoxy) is 1. The Hall–Kier alpha value is -2.25. The van der Waals surface area contributed by atoms with Crippen LogP contribution in [0.3, 0.4) is 0 Å². The molecule has 0 aliphatic carbocycles. The lowest BCUT2D eigenvalue weighted by Crippen LogP contribution is -2.40. The predicted molar refractivity (Wildman–Crippen MR) is 117 cm³/mol. The van der Waals surface area contributed by atoms with Crippen molar-refractivity contribution in [3.05, 3.63) is 59.1 Å².